The van der Waals surface area contributed by atoms with Crippen LogP contribution < -0.4 is 5.32 Å². The first-order valence-electron chi connectivity index (χ1n) is 7.15. The minimum Gasteiger partial charge on any atom is -0.480 e. The Morgan fingerprint density at radius 2 is 2.33 bits per heavy atom. The Balaban J connectivity index is 2.04. The molecular formula is C15H21NO3S2. The minimum absolute atomic E-state index is 0.254. The lowest BCUT2D eigenvalue weighted by molar-refractivity contribution is -0.139. The number of carbonyl (C=O) groups excluding carboxylic acids is 1. The average Bonchev–Trinajstić information content (AvgIpc) is 2.85. The number of amides is 1. The molecule has 1 aliphatic rings. The fourth-order valence-electron chi connectivity index (χ4n) is 2.54. The summed E-state index contributed by atoms with van der Waals surface area (Å²) in [5.41, 5.74) is 1.26. The molecule has 0 fully saturated rings. The van der Waals surface area contributed by atoms with E-state index < -0.39 is 12.0 Å². The molecule has 0 saturated carbocycles. The molecule has 1 unspecified atom stereocenters. The molecule has 4 nitrogen and oxygen atoms in total. The quantitative estimate of drug-likeness (QED) is 0.843. The summed E-state index contributed by atoms with van der Waals surface area (Å²) in [4.78, 5) is 25.4. The van der Waals surface area contributed by atoms with Crippen molar-refractivity contribution in [2.75, 3.05) is 12.0 Å². The van der Waals surface area contributed by atoms with Gasteiger partial charge >= 0.3 is 5.97 Å². The summed E-state index contributed by atoms with van der Waals surface area (Å²) in [6, 6.07) is 1.14. The van der Waals surface area contributed by atoms with E-state index in [1.165, 1.54) is 28.2 Å². The third-order valence-electron chi connectivity index (χ3n) is 3.77. The van der Waals surface area contributed by atoms with Crippen molar-refractivity contribution >= 4 is 35.0 Å². The van der Waals surface area contributed by atoms with E-state index in [4.69, 9.17) is 0 Å². The van der Waals surface area contributed by atoms with Gasteiger partial charge in [0.1, 0.15) is 6.04 Å². The zero-order valence-corrected chi connectivity index (χ0v) is 14.0. The van der Waals surface area contributed by atoms with Crippen LogP contribution >= 0.6 is 23.1 Å². The van der Waals surface area contributed by atoms with Crippen LogP contribution in [0.5, 0.6) is 0 Å². The first-order valence-corrected chi connectivity index (χ1v) is 9.36. The number of carboxylic acids is 1. The second-order valence-electron chi connectivity index (χ2n) is 5.55. The average molecular weight is 327 g/mol. The van der Waals surface area contributed by atoms with Crippen LogP contribution in [0.25, 0.3) is 0 Å². The summed E-state index contributed by atoms with van der Waals surface area (Å²) in [5.74, 6) is 0.162. The normalized spacial score (nSPS) is 18.9. The number of aliphatic carboxylic acids is 1. The number of fused-ring (bicyclic) bond motifs is 1. The summed E-state index contributed by atoms with van der Waals surface area (Å²) in [5, 5.41) is 11.8. The van der Waals surface area contributed by atoms with Gasteiger partial charge in [0.15, 0.2) is 0 Å². The van der Waals surface area contributed by atoms with Crippen LogP contribution in [-0.2, 0) is 17.6 Å². The zero-order valence-electron chi connectivity index (χ0n) is 12.3. The summed E-state index contributed by atoms with van der Waals surface area (Å²) < 4.78 is 0. The van der Waals surface area contributed by atoms with Crippen LogP contribution in [0, 0.1) is 5.92 Å². The number of rotatable bonds is 6. The molecule has 1 aromatic heterocycles. The molecule has 6 heteroatoms. The van der Waals surface area contributed by atoms with Gasteiger partial charge in [-0.1, -0.05) is 6.92 Å². The highest BCUT2D eigenvalue weighted by Gasteiger charge is 2.24. The van der Waals surface area contributed by atoms with Crippen molar-refractivity contribution in [1.29, 1.82) is 0 Å². The summed E-state index contributed by atoms with van der Waals surface area (Å²) in [7, 11) is 0. The van der Waals surface area contributed by atoms with Gasteiger partial charge < -0.3 is 10.4 Å². The predicted octanol–water partition coefficient (Wildman–Crippen LogP) is 2.81. The Kier molecular flexibility index (Phi) is 5.70. The van der Waals surface area contributed by atoms with Gasteiger partial charge in [-0.25, -0.2) is 4.79 Å². The first-order chi connectivity index (χ1) is 10.0. The highest BCUT2D eigenvalue weighted by atomic mass is 32.2. The molecule has 0 bridgehead atoms. The third kappa shape index (κ3) is 4.23. The lowest BCUT2D eigenvalue weighted by Gasteiger charge is -2.16. The van der Waals surface area contributed by atoms with Crippen LogP contribution in [-0.4, -0.2) is 35.0 Å². The molecule has 2 atom stereocenters. The molecule has 0 aromatic carbocycles. The van der Waals surface area contributed by atoms with Crippen molar-refractivity contribution in [1.82, 2.24) is 5.32 Å². The van der Waals surface area contributed by atoms with Crippen LogP contribution in [0.2, 0.25) is 0 Å². The van der Waals surface area contributed by atoms with Crippen molar-refractivity contribution in [3.8, 4) is 0 Å². The number of hydrogen-bond acceptors (Lipinski definition) is 4. The van der Waals surface area contributed by atoms with Crippen molar-refractivity contribution < 1.29 is 14.7 Å². The van der Waals surface area contributed by atoms with Crippen molar-refractivity contribution in [3.05, 3.63) is 21.4 Å². The first kappa shape index (κ1) is 16.4. The number of nitrogens with one attached hydrogen (secondary N) is 1. The molecule has 1 amide bonds. The molecule has 2 rings (SSSR count). The Hall–Kier alpha value is -1.01. The van der Waals surface area contributed by atoms with Gasteiger partial charge in [-0.2, -0.15) is 11.8 Å². The minimum atomic E-state index is -0.965. The second kappa shape index (κ2) is 7.31. The molecule has 116 valence electrons. The number of aryl methyl sites for hydroxylation is 1. The lowest BCUT2D eigenvalue weighted by Crippen LogP contribution is -2.40. The summed E-state index contributed by atoms with van der Waals surface area (Å²) >= 11 is 3.09. The molecule has 0 aliphatic heterocycles. The second-order valence-corrected chi connectivity index (χ2v) is 7.68. The zero-order chi connectivity index (χ0) is 15.4. The van der Waals surface area contributed by atoms with E-state index in [0.717, 1.165) is 18.6 Å². The standard InChI is InChI=1S/C15H21NO3S2/c1-9-3-4-12-10(7-9)8-13(21-12)14(17)16-11(15(18)19)5-6-20-2/h8-9,11H,3-7H2,1-2H3,(H,16,17)(H,18,19)/t9?,11-/m1/s1. The summed E-state index contributed by atoms with van der Waals surface area (Å²) in [6.45, 7) is 2.23. The molecule has 2 N–H and O–H groups in total. The fourth-order valence-corrected chi connectivity index (χ4v) is 4.12. The fraction of sp³-hybridized carbons (Fsp3) is 0.600. The summed E-state index contributed by atoms with van der Waals surface area (Å²) in [6.07, 6.45) is 5.59. The monoisotopic (exact) mass is 327 g/mol. The smallest absolute Gasteiger partial charge is 0.326 e. The Morgan fingerprint density at radius 3 is 3.00 bits per heavy atom. The van der Waals surface area contributed by atoms with E-state index in [0.29, 0.717) is 17.2 Å². The van der Waals surface area contributed by atoms with Crippen molar-refractivity contribution in [2.45, 2.75) is 38.6 Å². The van der Waals surface area contributed by atoms with Gasteiger partial charge in [0, 0.05) is 4.88 Å². The maximum Gasteiger partial charge on any atom is 0.326 e. The van der Waals surface area contributed by atoms with Crippen molar-refractivity contribution in [2.24, 2.45) is 5.92 Å². The molecular weight excluding hydrogens is 306 g/mol. The largest absolute Gasteiger partial charge is 0.480 e. The molecule has 0 radical (unpaired) electrons. The van der Waals surface area contributed by atoms with Crippen LogP contribution in [0.4, 0.5) is 0 Å². The van der Waals surface area contributed by atoms with E-state index in [1.54, 1.807) is 11.8 Å². The van der Waals surface area contributed by atoms with E-state index >= 15 is 0 Å². The molecule has 1 aromatic rings. The maximum absolute atomic E-state index is 12.3. The number of thiophene rings is 1. The Labute approximate surface area is 133 Å². The number of hydrogen-bond donors (Lipinski definition) is 2. The number of carbonyl (C=O) groups is 2. The molecule has 0 saturated heterocycles. The maximum atomic E-state index is 12.3. The van der Waals surface area contributed by atoms with Gasteiger partial charge in [-0.05, 0) is 55.2 Å². The third-order valence-corrected chi connectivity index (χ3v) is 5.65. The molecule has 0 spiro atoms. The van der Waals surface area contributed by atoms with Crippen molar-refractivity contribution in [3.63, 3.8) is 0 Å². The van der Waals surface area contributed by atoms with Gasteiger partial charge in [0.2, 0.25) is 0 Å². The number of thioether (sulfide) groups is 1. The highest BCUT2D eigenvalue weighted by Crippen LogP contribution is 2.32. The van der Waals surface area contributed by atoms with Crippen LogP contribution in [0.1, 0.15) is 39.9 Å². The SMILES string of the molecule is CSCC[C@@H](NC(=O)c1cc2c(s1)CCC(C)C2)C(=O)O. The lowest BCUT2D eigenvalue weighted by atomic mass is 9.90. The van der Waals surface area contributed by atoms with Crippen LogP contribution in [0.15, 0.2) is 6.07 Å². The van der Waals surface area contributed by atoms with E-state index in [-0.39, 0.29) is 5.91 Å². The van der Waals surface area contributed by atoms with Gasteiger partial charge in [-0.3, -0.25) is 4.79 Å². The molecule has 1 aliphatic carbocycles. The van der Waals surface area contributed by atoms with E-state index in [2.05, 4.69) is 12.2 Å². The predicted molar refractivity (Wildman–Crippen MR) is 87.4 cm³/mol. The van der Waals surface area contributed by atoms with E-state index in [9.17, 15) is 14.7 Å². The van der Waals surface area contributed by atoms with E-state index in [1.807, 2.05) is 12.3 Å². The van der Waals surface area contributed by atoms with Gasteiger partial charge in [-0.15, -0.1) is 11.3 Å². The highest BCUT2D eigenvalue weighted by molar-refractivity contribution is 7.98. The molecule has 21 heavy (non-hydrogen) atoms. The molecule has 1 heterocycles. The topological polar surface area (TPSA) is 66.4 Å². The Morgan fingerprint density at radius 1 is 1.57 bits per heavy atom. The number of carboxylic acid groups (broad SMARTS) is 1. The van der Waals surface area contributed by atoms with Gasteiger partial charge in [0.05, 0.1) is 4.88 Å². The van der Waals surface area contributed by atoms with Gasteiger partial charge in [0.25, 0.3) is 5.91 Å². The van der Waals surface area contributed by atoms with Crippen LogP contribution in [0.3, 0.4) is 0 Å². The Bertz CT molecular complexity index is 527.